The third-order valence-electron chi connectivity index (χ3n) is 11.4. The maximum absolute atomic E-state index is 6.93. The van der Waals surface area contributed by atoms with Crippen molar-refractivity contribution in [2.45, 2.75) is 52.4 Å². The minimum atomic E-state index is -0.0443. The van der Waals surface area contributed by atoms with E-state index in [1.54, 1.807) is 0 Å². The predicted molar refractivity (Wildman–Crippen MR) is 240 cm³/mol. The SMILES string of the molecule is CC(C)(C)c1cccc(N2CN(c3cc(Oc4ccc5c6oc7ccccc7c6n(-c6cc(C(C)(C)C)ccn6)c5c4)cc(-c4ccccc4)c3)c3ccccc32)c1. The van der Waals surface area contributed by atoms with E-state index in [1.807, 2.05) is 24.4 Å². The molecule has 6 aromatic carbocycles. The normalized spacial score (nSPS) is 13.2. The Balaban J connectivity index is 1.10. The summed E-state index contributed by atoms with van der Waals surface area (Å²) in [6.45, 7) is 14.2. The summed E-state index contributed by atoms with van der Waals surface area (Å²) in [6.07, 6.45) is 1.91. The van der Waals surface area contributed by atoms with Gasteiger partial charge in [0.25, 0.3) is 0 Å². The molecule has 0 saturated heterocycles. The second-order valence-corrected chi connectivity index (χ2v) is 17.4. The van der Waals surface area contributed by atoms with Crippen molar-refractivity contribution in [3.8, 4) is 28.4 Å². The Hall–Kier alpha value is -6.79. The van der Waals surface area contributed by atoms with Crippen molar-refractivity contribution in [1.29, 1.82) is 0 Å². The molecule has 6 nitrogen and oxygen atoms in total. The van der Waals surface area contributed by atoms with Gasteiger partial charge in [-0.3, -0.25) is 4.57 Å². The van der Waals surface area contributed by atoms with Crippen molar-refractivity contribution in [3.05, 3.63) is 169 Å². The molecule has 58 heavy (non-hydrogen) atoms. The van der Waals surface area contributed by atoms with Crippen LogP contribution in [0.25, 0.3) is 49.9 Å². The first-order chi connectivity index (χ1) is 28.0. The second-order valence-electron chi connectivity index (χ2n) is 17.4. The van der Waals surface area contributed by atoms with Crippen LogP contribution in [0.5, 0.6) is 11.5 Å². The van der Waals surface area contributed by atoms with Crippen LogP contribution in [0.1, 0.15) is 52.7 Å². The number of anilines is 4. The summed E-state index contributed by atoms with van der Waals surface area (Å²) in [5.74, 6) is 2.32. The van der Waals surface area contributed by atoms with E-state index in [4.69, 9.17) is 14.1 Å². The Morgan fingerprint density at radius 1 is 0.552 bits per heavy atom. The molecule has 6 heteroatoms. The van der Waals surface area contributed by atoms with Crippen molar-refractivity contribution in [3.63, 3.8) is 0 Å². The van der Waals surface area contributed by atoms with Crippen LogP contribution in [0.2, 0.25) is 0 Å². The molecule has 9 aromatic rings. The van der Waals surface area contributed by atoms with Gasteiger partial charge in [0, 0.05) is 40.5 Å². The summed E-state index contributed by atoms with van der Waals surface area (Å²) >= 11 is 0. The molecule has 0 radical (unpaired) electrons. The van der Waals surface area contributed by atoms with Gasteiger partial charge in [0.05, 0.1) is 16.9 Å². The molecule has 0 N–H and O–H groups in total. The van der Waals surface area contributed by atoms with E-state index in [0.29, 0.717) is 6.67 Å². The fourth-order valence-corrected chi connectivity index (χ4v) is 8.28. The number of nitrogens with zero attached hydrogens (tertiary/aromatic N) is 4. The Morgan fingerprint density at radius 3 is 2.03 bits per heavy atom. The molecule has 0 bridgehead atoms. The number of aromatic nitrogens is 2. The van der Waals surface area contributed by atoms with Gasteiger partial charge < -0.3 is 19.0 Å². The Morgan fingerprint density at radius 2 is 1.26 bits per heavy atom. The quantitative estimate of drug-likeness (QED) is 0.169. The standard InChI is InChI=1S/C52H46N4O2/c1-51(2,3)36-17-14-18-38(29-36)54-33-55(45-21-12-11-20-44(45)54)39-27-35(34-15-8-7-9-16-34)28-41(31-39)57-40-23-24-42-46(32-40)56(48-30-37(25-26-53-48)52(4,5)6)49-43-19-10-13-22-47(43)58-50(42)49/h7-32H,33H2,1-6H3. The van der Waals surface area contributed by atoms with Crippen molar-refractivity contribution in [1.82, 2.24) is 9.55 Å². The van der Waals surface area contributed by atoms with Crippen LogP contribution in [0, 0.1) is 0 Å². The number of ether oxygens (including phenoxy) is 1. The second kappa shape index (κ2) is 13.4. The van der Waals surface area contributed by atoms with Gasteiger partial charge in [-0.25, -0.2) is 4.98 Å². The van der Waals surface area contributed by atoms with Gasteiger partial charge in [-0.05, 0) is 106 Å². The summed E-state index contributed by atoms with van der Waals surface area (Å²) in [5, 5.41) is 2.05. The first-order valence-corrected chi connectivity index (χ1v) is 20.1. The molecule has 0 aliphatic carbocycles. The highest BCUT2D eigenvalue weighted by Gasteiger charge is 2.30. The molecule has 3 aromatic heterocycles. The molecule has 4 heterocycles. The monoisotopic (exact) mass is 758 g/mol. The number of benzene rings is 6. The Kier molecular flexibility index (Phi) is 8.24. The summed E-state index contributed by atoms with van der Waals surface area (Å²) in [4.78, 5) is 9.73. The number of hydrogen-bond donors (Lipinski definition) is 0. The summed E-state index contributed by atoms with van der Waals surface area (Å²) < 4.78 is 15.7. The molecular weight excluding hydrogens is 713 g/mol. The minimum absolute atomic E-state index is 0.0421. The van der Waals surface area contributed by atoms with Crippen molar-refractivity contribution < 1.29 is 9.15 Å². The average molecular weight is 759 g/mol. The van der Waals surface area contributed by atoms with Gasteiger partial charge >= 0.3 is 0 Å². The largest absolute Gasteiger partial charge is 0.457 e. The highest BCUT2D eigenvalue weighted by atomic mass is 16.5. The van der Waals surface area contributed by atoms with Gasteiger partial charge in [0.2, 0.25) is 0 Å². The van der Waals surface area contributed by atoms with Crippen LogP contribution in [0.4, 0.5) is 22.7 Å². The average Bonchev–Trinajstić information content (AvgIpc) is 3.90. The molecule has 0 saturated carbocycles. The van der Waals surface area contributed by atoms with Gasteiger partial charge in [-0.15, -0.1) is 0 Å². The van der Waals surface area contributed by atoms with E-state index in [2.05, 4.69) is 189 Å². The molecule has 0 fully saturated rings. The number of fused-ring (bicyclic) bond motifs is 6. The van der Waals surface area contributed by atoms with E-state index in [1.165, 1.54) is 22.5 Å². The number of furan rings is 1. The Labute approximate surface area is 339 Å². The lowest BCUT2D eigenvalue weighted by Crippen LogP contribution is -2.24. The summed E-state index contributed by atoms with van der Waals surface area (Å²) in [7, 11) is 0. The van der Waals surface area contributed by atoms with E-state index in [-0.39, 0.29) is 10.8 Å². The topological polar surface area (TPSA) is 46.7 Å². The number of hydrogen-bond acceptors (Lipinski definition) is 5. The Bertz CT molecular complexity index is 3000. The zero-order valence-corrected chi connectivity index (χ0v) is 33.8. The fourth-order valence-electron chi connectivity index (χ4n) is 8.28. The van der Waals surface area contributed by atoms with E-state index in [9.17, 15) is 0 Å². The maximum Gasteiger partial charge on any atom is 0.161 e. The highest BCUT2D eigenvalue weighted by molar-refractivity contribution is 6.16. The van der Waals surface area contributed by atoms with Crippen LogP contribution < -0.4 is 14.5 Å². The van der Waals surface area contributed by atoms with Gasteiger partial charge in [0.1, 0.15) is 35.1 Å². The third kappa shape index (κ3) is 6.16. The van der Waals surface area contributed by atoms with Gasteiger partial charge in [0.15, 0.2) is 5.58 Å². The van der Waals surface area contributed by atoms with Crippen LogP contribution in [0.15, 0.2) is 162 Å². The molecule has 0 atom stereocenters. The molecule has 0 spiro atoms. The molecule has 0 unspecified atom stereocenters. The van der Waals surface area contributed by atoms with Crippen LogP contribution in [-0.2, 0) is 10.8 Å². The molecule has 1 aliphatic rings. The first kappa shape index (κ1) is 35.6. The fraction of sp³-hybridized carbons (Fsp3) is 0.173. The number of para-hydroxylation sites is 3. The lowest BCUT2D eigenvalue weighted by molar-refractivity contribution is 0.483. The van der Waals surface area contributed by atoms with Gasteiger partial charge in [-0.1, -0.05) is 108 Å². The zero-order valence-electron chi connectivity index (χ0n) is 33.8. The first-order valence-electron chi connectivity index (χ1n) is 20.1. The number of pyridine rings is 1. The van der Waals surface area contributed by atoms with E-state index in [0.717, 1.165) is 72.8 Å². The van der Waals surface area contributed by atoms with Gasteiger partial charge in [-0.2, -0.15) is 0 Å². The maximum atomic E-state index is 6.93. The number of rotatable bonds is 6. The molecule has 10 rings (SSSR count). The summed E-state index contributed by atoms with van der Waals surface area (Å²) in [6, 6.07) is 53.5. The van der Waals surface area contributed by atoms with E-state index >= 15 is 0 Å². The summed E-state index contributed by atoms with van der Waals surface area (Å²) in [5.41, 5.74) is 12.9. The van der Waals surface area contributed by atoms with Crippen molar-refractivity contribution in [2.24, 2.45) is 0 Å². The highest BCUT2D eigenvalue weighted by Crippen LogP contribution is 2.47. The van der Waals surface area contributed by atoms with Crippen LogP contribution >= 0.6 is 0 Å². The molecule has 286 valence electrons. The predicted octanol–water partition coefficient (Wildman–Crippen LogP) is 14.2. The van der Waals surface area contributed by atoms with E-state index < -0.39 is 0 Å². The molecular formula is C52H46N4O2. The van der Waals surface area contributed by atoms with Crippen LogP contribution in [0.3, 0.4) is 0 Å². The minimum Gasteiger partial charge on any atom is -0.457 e. The van der Waals surface area contributed by atoms with Crippen molar-refractivity contribution >= 4 is 55.7 Å². The van der Waals surface area contributed by atoms with Crippen LogP contribution in [-0.4, -0.2) is 16.2 Å². The lowest BCUT2D eigenvalue weighted by atomic mass is 9.87. The molecule has 0 amide bonds. The van der Waals surface area contributed by atoms with Crippen molar-refractivity contribution in [2.75, 3.05) is 16.5 Å². The lowest BCUT2D eigenvalue weighted by Gasteiger charge is -2.25. The zero-order chi connectivity index (χ0) is 39.8. The molecule has 1 aliphatic heterocycles. The smallest absolute Gasteiger partial charge is 0.161 e. The third-order valence-corrected chi connectivity index (χ3v) is 11.4.